The lowest BCUT2D eigenvalue weighted by Crippen LogP contribution is -2.71. The Balaban J connectivity index is 2.48. The third-order valence-electron chi connectivity index (χ3n) is 3.77. The Morgan fingerprint density at radius 1 is 1.26 bits per heavy atom. The number of nitrogens with zero attached hydrogens (tertiary/aromatic N) is 1. The summed E-state index contributed by atoms with van der Waals surface area (Å²) in [6, 6.07) is 0. The summed E-state index contributed by atoms with van der Waals surface area (Å²) in [4.78, 5) is 37.3. The number of ether oxygens (including phenoxy) is 3. The standard InChI is InChI=1S/C17H25NO8S/c1-9(2)25-13-14(20)18-12(16(21)26-17(4,5)6)11(7-24-10(3)19)8-27(22,23)15(13)18/h9,13,15H,7-8H2,1-6H3/t13-,15+/m0/s1. The first-order chi connectivity index (χ1) is 12.2. The van der Waals surface area contributed by atoms with Crippen molar-refractivity contribution in [2.45, 2.75) is 64.7 Å². The lowest BCUT2D eigenvalue weighted by Gasteiger charge is -2.49. The molecule has 0 saturated carbocycles. The summed E-state index contributed by atoms with van der Waals surface area (Å²) in [5, 5.41) is -1.30. The van der Waals surface area contributed by atoms with E-state index in [0.29, 0.717) is 0 Å². The number of amides is 1. The van der Waals surface area contributed by atoms with E-state index in [0.717, 1.165) is 11.8 Å². The van der Waals surface area contributed by atoms with Gasteiger partial charge in [-0.3, -0.25) is 14.5 Å². The highest BCUT2D eigenvalue weighted by Gasteiger charge is 2.61. The second-order valence-electron chi connectivity index (χ2n) is 7.75. The fourth-order valence-corrected chi connectivity index (χ4v) is 4.84. The topological polar surface area (TPSA) is 116 Å². The number of fused-ring (bicyclic) bond motifs is 1. The van der Waals surface area contributed by atoms with Crippen LogP contribution in [0.3, 0.4) is 0 Å². The zero-order chi connectivity index (χ0) is 20.7. The largest absolute Gasteiger partial charge is 0.461 e. The van der Waals surface area contributed by atoms with Crippen LogP contribution in [0.4, 0.5) is 0 Å². The molecule has 2 aliphatic heterocycles. The van der Waals surface area contributed by atoms with E-state index < -0.39 is 57.1 Å². The van der Waals surface area contributed by atoms with Gasteiger partial charge in [0.15, 0.2) is 21.3 Å². The van der Waals surface area contributed by atoms with Gasteiger partial charge in [0.05, 0.1) is 11.9 Å². The van der Waals surface area contributed by atoms with Gasteiger partial charge in [0.25, 0.3) is 5.91 Å². The van der Waals surface area contributed by atoms with Crippen LogP contribution in [0.1, 0.15) is 41.5 Å². The number of carbonyl (C=O) groups is 3. The fourth-order valence-electron chi connectivity index (χ4n) is 2.88. The van der Waals surface area contributed by atoms with Crippen LogP contribution in [0.5, 0.6) is 0 Å². The van der Waals surface area contributed by atoms with Gasteiger partial charge in [0.1, 0.15) is 17.9 Å². The summed E-state index contributed by atoms with van der Waals surface area (Å²) < 4.78 is 41.0. The fraction of sp³-hybridized carbons (Fsp3) is 0.706. The summed E-state index contributed by atoms with van der Waals surface area (Å²) in [7, 11) is -3.84. The molecule has 0 aromatic heterocycles. The monoisotopic (exact) mass is 403 g/mol. The molecule has 0 radical (unpaired) electrons. The van der Waals surface area contributed by atoms with Crippen LogP contribution < -0.4 is 0 Å². The molecule has 10 heteroatoms. The maximum Gasteiger partial charge on any atom is 0.355 e. The molecule has 1 amide bonds. The van der Waals surface area contributed by atoms with E-state index in [2.05, 4.69) is 0 Å². The van der Waals surface area contributed by atoms with E-state index >= 15 is 0 Å². The molecule has 0 N–H and O–H groups in total. The van der Waals surface area contributed by atoms with Gasteiger partial charge in [0.2, 0.25) is 0 Å². The van der Waals surface area contributed by atoms with Crippen LogP contribution in [0, 0.1) is 0 Å². The molecule has 0 aromatic rings. The Morgan fingerprint density at radius 2 is 1.85 bits per heavy atom. The summed E-state index contributed by atoms with van der Waals surface area (Å²) in [6.45, 7) is 9.05. The highest BCUT2D eigenvalue weighted by Crippen LogP contribution is 2.39. The molecule has 0 aromatic carbocycles. The Hall–Kier alpha value is -1.94. The van der Waals surface area contributed by atoms with E-state index in [-0.39, 0.29) is 17.4 Å². The number of rotatable bonds is 5. The summed E-state index contributed by atoms with van der Waals surface area (Å²) in [6.07, 6.45) is -1.55. The average molecular weight is 403 g/mol. The van der Waals surface area contributed by atoms with Crippen LogP contribution in [0.15, 0.2) is 11.3 Å². The van der Waals surface area contributed by atoms with Crippen LogP contribution in [-0.2, 0) is 38.4 Å². The third-order valence-corrected chi connectivity index (χ3v) is 5.72. The van der Waals surface area contributed by atoms with Gasteiger partial charge in [-0.25, -0.2) is 13.2 Å². The molecule has 1 fully saturated rings. The molecule has 2 heterocycles. The van der Waals surface area contributed by atoms with Gasteiger partial charge in [-0.05, 0) is 34.6 Å². The molecule has 152 valence electrons. The van der Waals surface area contributed by atoms with E-state index in [1.54, 1.807) is 34.6 Å². The average Bonchev–Trinajstić information content (AvgIpc) is 2.47. The van der Waals surface area contributed by atoms with Crippen molar-refractivity contribution in [2.24, 2.45) is 0 Å². The van der Waals surface area contributed by atoms with Gasteiger partial charge in [-0.2, -0.15) is 0 Å². The first-order valence-corrected chi connectivity index (χ1v) is 10.2. The number of sulfone groups is 1. The predicted molar refractivity (Wildman–Crippen MR) is 93.9 cm³/mol. The highest BCUT2D eigenvalue weighted by atomic mass is 32.2. The Kier molecular flexibility index (Phi) is 5.72. The molecule has 0 spiro atoms. The first-order valence-electron chi connectivity index (χ1n) is 8.53. The lowest BCUT2D eigenvalue weighted by molar-refractivity contribution is -0.173. The quantitative estimate of drug-likeness (QED) is 0.482. The van der Waals surface area contributed by atoms with Crippen molar-refractivity contribution in [1.82, 2.24) is 4.90 Å². The first kappa shape index (κ1) is 21.4. The molecule has 0 bridgehead atoms. The van der Waals surface area contributed by atoms with Crippen molar-refractivity contribution >= 4 is 27.7 Å². The molecule has 1 saturated heterocycles. The maximum atomic E-state index is 12.7. The summed E-state index contributed by atoms with van der Waals surface area (Å²) in [5.74, 6) is -2.65. The number of carbonyl (C=O) groups excluding carboxylic acids is 3. The Bertz CT molecular complexity index is 790. The van der Waals surface area contributed by atoms with Gasteiger partial charge >= 0.3 is 11.9 Å². The second-order valence-corrected chi connectivity index (χ2v) is 9.84. The van der Waals surface area contributed by atoms with Crippen LogP contribution >= 0.6 is 0 Å². The van der Waals surface area contributed by atoms with E-state index in [4.69, 9.17) is 14.2 Å². The van der Waals surface area contributed by atoms with Crippen LogP contribution in [0.25, 0.3) is 0 Å². The van der Waals surface area contributed by atoms with Gasteiger partial charge in [-0.15, -0.1) is 0 Å². The van der Waals surface area contributed by atoms with Gasteiger partial charge in [0, 0.05) is 12.5 Å². The number of hydrogen-bond donors (Lipinski definition) is 0. The van der Waals surface area contributed by atoms with E-state index in [1.807, 2.05) is 0 Å². The maximum absolute atomic E-state index is 12.7. The minimum absolute atomic E-state index is 0.00652. The molecule has 2 atom stereocenters. The van der Waals surface area contributed by atoms with E-state index in [9.17, 15) is 22.8 Å². The van der Waals surface area contributed by atoms with Gasteiger partial charge in [-0.1, -0.05) is 0 Å². The van der Waals surface area contributed by atoms with Crippen molar-refractivity contribution < 1.29 is 37.0 Å². The number of esters is 2. The summed E-state index contributed by atoms with van der Waals surface area (Å²) in [5.41, 5.74) is -1.05. The second kappa shape index (κ2) is 7.23. The van der Waals surface area contributed by atoms with Crippen molar-refractivity contribution in [2.75, 3.05) is 12.4 Å². The van der Waals surface area contributed by atoms with Crippen LogP contribution in [0.2, 0.25) is 0 Å². The minimum Gasteiger partial charge on any atom is -0.461 e. The van der Waals surface area contributed by atoms with Crippen molar-refractivity contribution in [3.63, 3.8) is 0 Å². The highest BCUT2D eigenvalue weighted by molar-refractivity contribution is 7.92. The Labute approximate surface area is 158 Å². The molecular weight excluding hydrogens is 378 g/mol. The van der Waals surface area contributed by atoms with Crippen molar-refractivity contribution in [1.29, 1.82) is 0 Å². The zero-order valence-corrected chi connectivity index (χ0v) is 17.1. The normalized spacial score (nSPS) is 24.4. The smallest absolute Gasteiger partial charge is 0.355 e. The molecular formula is C17H25NO8S. The molecule has 2 aliphatic rings. The number of β-lactam (4-membered cyclic amide) rings is 1. The SMILES string of the molecule is CC(=O)OCC1=C(C(=O)OC(C)(C)C)N2C(=O)[C@H](OC(C)C)[C@H]2S(=O)(=O)C1. The van der Waals surface area contributed by atoms with Crippen molar-refractivity contribution in [3.05, 3.63) is 11.3 Å². The molecule has 9 nitrogen and oxygen atoms in total. The Morgan fingerprint density at radius 3 is 2.33 bits per heavy atom. The minimum atomic E-state index is -3.84. The van der Waals surface area contributed by atoms with Crippen molar-refractivity contribution in [3.8, 4) is 0 Å². The lowest BCUT2D eigenvalue weighted by atomic mass is 10.0. The summed E-state index contributed by atoms with van der Waals surface area (Å²) >= 11 is 0. The van der Waals surface area contributed by atoms with Crippen LogP contribution in [-0.4, -0.2) is 66.7 Å². The molecule has 0 unspecified atom stereocenters. The molecule has 27 heavy (non-hydrogen) atoms. The molecule has 2 rings (SSSR count). The third kappa shape index (κ3) is 4.49. The van der Waals surface area contributed by atoms with Gasteiger partial charge < -0.3 is 14.2 Å². The predicted octanol–water partition coefficient (Wildman–Crippen LogP) is 0.536. The zero-order valence-electron chi connectivity index (χ0n) is 16.3. The number of hydrogen-bond acceptors (Lipinski definition) is 8. The molecule has 0 aliphatic carbocycles. The van der Waals surface area contributed by atoms with E-state index in [1.165, 1.54) is 0 Å².